The second-order valence-corrected chi connectivity index (χ2v) is 3.87. The van der Waals surface area contributed by atoms with Crippen LogP contribution in [0.15, 0.2) is 11.6 Å². The smallest absolute Gasteiger partial charge is 0.155 e. The normalized spacial score (nSPS) is 21.0. The molecule has 0 heterocycles. The molecule has 0 fully saturated rings. The number of carbonyl (C=O) groups excluding carboxylic acids is 1. The molecule has 0 aromatic rings. The lowest BCUT2D eigenvalue weighted by Crippen LogP contribution is -2.12. The molecule has 82 valence electrons. The largest absolute Gasteiger partial charge is 0.295 e. The van der Waals surface area contributed by atoms with E-state index < -0.39 is 0 Å². The molecule has 0 saturated carbocycles. The molecule has 0 radical (unpaired) electrons. The van der Waals surface area contributed by atoms with Gasteiger partial charge in [-0.3, -0.25) is 4.79 Å². The van der Waals surface area contributed by atoms with Crippen molar-refractivity contribution in [2.45, 2.75) is 59.8 Å². The molecule has 0 bridgehead atoms. The summed E-state index contributed by atoms with van der Waals surface area (Å²) in [5, 5.41) is 0. The van der Waals surface area contributed by atoms with E-state index in [2.05, 4.69) is 13.8 Å². The first-order valence-corrected chi connectivity index (χ1v) is 5.92. The molecule has 0 saturated heterocycles. The molecule has 0 spiro atoms. The van der Waals surface area contributed by atoms with Crippen LogP contribution >= 0.6 is 0 Å². The summed E-state index contributed by atoms with van der Waals surface area (Å²) in [5.41, 5.74) is 1.27. The van der Waals surface area contributed by atoms with Crippen molar-refractivity contribution >= 4 is 5.78 Å². The minimum atomic E-state index is 0.333. The van der Waals surface area contributed by atoms with Crippen LogP contribution in [0, 0.1) is 5.92 Å². The van der Waals surface area contributed by atoms with E-state index >= 15 is 0 Å². The van der Waals surface area contributed by atoms with Gasteiger partial charge in [-0.25, -0.2) is 0 Å². The van der Waals surface area contributed by atoms with Crippen molar-refractivity contribution in [1.82, 2.24) is 0 Å². The molecular formula is C13H24O. The molecule has 1 rings (SSSR count). The Balaban J connectivity index is 0.000000791. The van der Waals surface area contributed by atoms with Crippen LogP contribution in [0.5, 0.6) is 0 Å². The predicted octanol–water partition coefficient (Wildman–Crippen LogP) is 4.13. The average molecular weight is 196 g/mol. The summed E-state index contributed by atoms with van der Waals surface area (Å²) in [7, 11) is 0. The summed E-state index contributed by atoms with van der Waals surface area (Å²) in [6, 6.07) is 0. The first kappa shape index (κ1) is 13.4. The fourth-order valence-electron chi connectivity index (χ4n) is 1.90. The first-order chi connectivity index (χ1) is 6.72. The summed E-state index contributed by atoms with van der Waals surface area (Å²) in [4.78, 5) is 11.2. The first-order valence-electron chi connectivity index (χ1n) is 5.92. The standard InChI is InChI=1S/C11H18O.C2H6/c1-3-4-5-10-6-9(2)7-11(12)8-10;1-2/h7,10H,3-6,8H2,1-2H3;1-2H3. The predicted molar refractivity (Wildman–Crippen MR) is 62.4 cm³/mol. The van der Waals surface area contributed by atoms with Gasteiger partial charge < -0.3 is 0 Å². The lowest BCUT2D eigenvalue weighted by molar-refractivity contribution is -0.116. The third-order valence-electron chi connectivity index (χ3n) is 2.47. The Hall–Kier alpha value is -0.590. The van der Waals surface area contributed by atoms with Gasteiger partial charge >= 0.3 is 0 Å². The lowest BCUT2D eigenvalue weighted by Gasteiger charge is -2.19. The maximum Gasteiger partial charge on any atom is 0.155 e. The Morgan fingerprint density at radius 3 is 2.50 bits per heavy atom. The van der Waals surface area contributed by atoms with Crippen molar-refractivity contribution in [3.63, 3.8) is 0 Å². The molecule has 0 aliphatic heterocycles. The van der Waals surface area contributed by atoms with Gasteiger partial charge in [-0.05, 0) is 31.8 Å². The van der Waals surface area contributed by atoms with Crippen LogP contribution in [0.3, 0.4) is 0 Å². The van der Waals surface area contributed by atoms with Crippen LogP contribution in [-0.4, -0.2) is 5.78 Å². The minimum absolute atomic E-state index is 0.333. The van der Waals surface area contributed by atoms with E-state index in [1.54, 1.807) is 0 Å². The molecule has 1 aliphatic carbocycles. The second kappa shape index (κ2) is 7.78. The van der Waals surface area contributed by atoms with Crippen molar-refractivity contribution in [3.05, 3.63) is 11.6 Å². The second-order valence-electron chi connectivity index (χ2n) is 3.87. The summed E-state index contributed by atoms with van der Waals surface area (Å²) in [6.45, 7) is 8.27. The molecule has 0 aromatic heterocycles. The number of carbonyl (C=O) groups is 1. The van der Waals surface area contributed by atoms with Gasteiger partial charge in [-0.15, -0.1) is 0 Å². The molecule has 1 nitrogen and oxygen atoms in total. The van der Waals surface area contributed by atoms with Crippen LogP contribution in [0.25, 0.3) is 0 Å². The van der Waals surface area contributed by atoms with E-state index in [-0.39, 0.29) is 0 Å². The Kier molecular flexibility index (Phi) is 7.45. The summed E-state index contributed by atoms with van der Waals surface area (Å²) in [6.07, 6.45) is 7.48. The van der Waals surface area contributed by atoms with Crippen molar-refractivity contribution in [1.29, 1.82) is 0 Å². The van der Waals surface area contributed by atoms with Crippen LogP contribution < -0.4 is 0 Å². The van der Waals surface area contributed by atoms with Crippen molar-refractivity contribution < 1.29 is 4.79 Å². The highest BCUT2D eigenvalue weighted by atomic mass is 16.1. The number of ketones is 1. The van der Waals surface area contributed by atoms with E-state index in [0.717, 1.165) is 12.8 Å². The highest BCUT2D eigenvalue weighted by Crippen LogP contribution is 2.25. The molecular weight excluding hydrogens is 172 g/mol. The summed E-state index contributed by atoms with van der Waals surface area (Å²) >= 11 is 0. The van der Waals surface area contributed by atoms with Crippen LogP contribution in [-0.2, 0) is 4.79 Å². The number of allylic oxidation sites excluding steroid dienone is 2. The summed E-state index contributed by atoms with van der Waals surface area (Å²) in [5.74, 6) is 0.974. The molecule has 1 aliphatic rings. The van der Waals surface area contributed by atoms with Crippen LogP contribution in [0.4, 0.5) is 0 Å². The van der Waals surface area contributed by atoms with E-state index in [1.807, 2.05) is 19.9 Å². The monoisotopic (exact) mass is 196 g/mol. The third-order valence-corrected chi connectivity index (χ3v) is 2.47. The molecule has 0 aromatic carbocycles. The Morgan fingerprint density at radius 1 is 1.36 bits per heavy atom. The van der Waals surface area contributed by atoms with E-state index in [0.29, 0.717) is 11.7 Å². The third kappa shape index (κ3) is 5.21. The maximum atomic E-state index is 11.2. The van der Waals surface area contributed by atoms with Gasteiger partial charge in [0.1, 0.15) is 0 Å². The van der Waals surface area contributed by atoms with Crippen molar-refractivity contribution in [2.24, 2.45) is 5.92 Å². The average Bonchev–Trinajstić information content (AvgIpc) is 2.16. The van der Waals surface area contributed by atoms with Gasteiger partial charge in [-0.1, -0.05) is 39.2 Å². The zero-order chi connectivity index (χ0) is 11.0. The zero-order valence-electron chi connectivity index (χ0n) is 10.1. The molecule has 1 atom stereocenters. The number of hydrogen-bond donors (Lipinski definition) is 0. The lowest BCUT2D eigenvalue weighted by atomic mass is 9.85. The van der Waals surface area contributed by atoms with Crippen molar-refractivity contribution in [2.75, 3.05) is 0 Å². The zero-order valence-corrected chi connectivity index (χ0v) is 10.1. The Bertz CT molecular complexity index is 191. The number of unbranched alkanes of at least 4 members (excludes halogenated alkanes) is 1. The van der Waals surface area contributed by atoms with Gasteiger partial charge in [0.15, 0.2) is 5.78 Å². The van der Waals surface area contributed by atoms with Gasteiger partial charge in [0.25, 0.3) is 0 Å². The molecule has 1 heteroatoms. The topological polar surface area (TPSA) is 17.1 Å². The summed E-state index contributed by atoms with van der Waals surface area (Å²) < 4.78 is 0. The molecule has 0 N–H and O–H groups in total. The van der Waals surface area contributed by atoms with E-state index in [9.17, 15) is 4.79 Å². The van der Waals surface area contributed by atoms with Crippen molar-refractivity contribution in [3.8, 4) is 0 Å². The van der Waals surface area contributed by atoms with Gasteiger partial charge in [0.2, 0.25) is 0 Å². The fraction of sp³-hybridized carbons (Fsp3) is 0.769. The maximum absolute atomic E-state index is 11.2. The number of rotatable bonds is 3. The van der Waals surface area contributed by atoms with Crippen LogP contribution in [0.1, 0.15) is 59.8 Å². The Labute approximate surface area is 88.6 Å². The Morgan fingerprint density at radius 2 is 2.00 bits per heavy atom. The van der Waals surface area contributed by atoms with Crippen LogP contribution in [0.2, 0.25) is 0 Å². The van der Waals surface area contributed by atoms with E-state index in [1.165, 1.54) is 24.8 Å². The van der Waals surface area contributed by atoms with Gasteiger partial charge in [0.05, 0.1) is 0 Å². The van der Waals surface area contributed by atoms with Gasteiger partial charge in [0, 0.05) is 6.42 Å². The molecule has 0 amide bonds. The molecule has 14 heavy (non-hydrogen) atoms. The highest BCUT2D eigenvalue weighted by Gasteiger charge is 2.17. The fourth-order valence-corrected chi connectivity index (χ4v) is 1.90. The quantitative estimate of drug-likeness (QED) is 0.663. The minimum Gasteiger partial charge on any atom is -0.295 e. The molecule has 1 unspecified atom stereocenters. The number of hydrogen-bond acceptors (Lipinski definition) is 1. The SMILES string of the molecule is CC.CCCCC1CC(=O)C=C(C)C1. The van der Waals surface area contributed by atoms with Gasteiger partial charge in [-0.2, -0.15) is 0 Å². The van der Waals surface area contributed by atoms with E-state index in [4.69, 9.17) is 0 Å². The highest BCUT2D eigenvalue weighted by molar-refractivity contribution is 5.91.